The number of benzene rings is 1. The first-order chi connectivity index (χ1) is 16.9. The Morgan fingerprint density at radius 2 is 1.78 bits per heavy atom. The molecule has 1 amide bonds. The van der Waals surface area contributed by atoms with Gasteiger partial charge >= 0.3 is 0 Å². The molecular weight excluding hydrogens is 490 g/mol. The number of hydrogen-bond acceptors (Lipinski definition) is 4. The molecule has 6 nitrogen and oxygen atoms in total. The van der Waals surface area contributed by atoms with Crippen molar-refractivity contribution in [1.82, 2.24) is 14.8 Å². The number of halogens is 6. The molecule has 1 aromatic heterocycles. The van der Waals surface area contributed by atoms with Crippen molar-refractivity contribution in [3.63, 3.8) is 0 Å². The first kappa shape index (κ1) is 26.1. The van der Waals surface area contributed by atoms with Gasteiger partial charge < -0.3 is 15.2 Å². The van der Waals surface area contributed by atoms with Crippen molar-refractivity contribution in [1.29, 1.82) is 0 Å². The van der Waals surface area contributed by atoms with Gasteiger partial charge in [0.25, 0.3) is 24.3 Å². The van der Waals surface area contributed by atoms with Crippen LogP contribution in [0.4, 0.5) is 32.0 Å². The van der Waals surface area contributed by atoms with Crippen LogP contribution in [0.5, 0.6) is 0 Å². The van der Waals surface area contributed by atoms with E-state index < -0.39 is 52.9 Å². The molecule has 0 radical (unpaired) electrons. The van der Waals surface area contributed by atoms with Crippen molar-refractivity contribution in [2.45, 2.75) is 49.9 Å². The van der Waals surface area contributed by atoms with Crippen LogP contribution in [0.3, 0.4) is 0 Å². The molecule has 4 rings (SSSR count). The largest absolute Gasteiger partial charge is 0.381 e. The summed E-state index contributed by atoms with van der Waals surface area (Å²) in [5, 5.41) is 5.21. The van der Waals surface area contributed by atoms with Crippen molar-refractivity contribution in [3.05, 3.63) is 63.3 Å². The summed E-state index contributed by atoms with van der Waals surface area (Å²) in [5.41, 5.74) is -5.44. The molecule has 1 atom stereocenters. The number of alkyl halides is 5. The first-order valence-corrected chi connectivity index (χ1v) is 11.4. The Bertz CT molecular complexity index is 1210. The molecular formula is C24H26F6N4O2. The molecule has 0 bridgehead atoms. The quantitative estimate of drug-likeness (QED) is 0.490. The van der Waals surface area contributed by atoms with Gasteiger partial charge in [0.2, 0.25) is 0 Å². The van der Waals surface area contributed by atoms with E-state index in [-0.39, 0.29) is 49.3 Å². The molecule has 12 heteroatoms. The number of anilines is 1. The second-order valence-corrected chi connectivity index (χ2v) is 9.64. The second kappa shape index (κ2) is 9.45. The molecule has 1 unspecified atom stereocenters. The Morgan fingerprint density at radius 3 is 2.33 bits per heavy atom. The predicted octanol–water partition coefficient (Wildman–Crippen LogP) is 4.24. The number of hydrogen-bond donors (Lipinski definition) is 2. The number of pyridine rings is 1. The van der Waals surface area contributed by atoms with Crippen LogP contribution in [0.1, 0.15) is 53.7 Å². The van der Waals surface area contributed by atoms with Crippen molar-refractivity contribution in [2.75, 3.05) is 32.0 Å². The molecule has 1 saturated carbocycles. The minimum Gasteiger partial charge on any atom is -0.381 e. The van der Waals surface area contributed by atoms with Gasteiger partial charge in [0, 0.05) is 30.9 Å². The molecule has 0 spiro atoms. The van der Waals surface area contributed by atoms with E-state index in [1.807, 2.05) is 0 Å². The Labute approximate surface area is 203 Å². The second-order valence-electron chi connectivity index (χ2n) is 9.64. The number of nitrogens with one attached hydrogen (secondary N) is 2. The summed E-state index contributed by atoms with van der Waals surface area (Å²) in [7, 11) is 1.72. The summed E-state index contributed by atoms with van der Waals surface area (Å²) < 4.78 is 83.8. The standard InChI is InChI=1S/C24H26F6N4O2/c1-13(14-4-3-5-15(19(14)25)20(26)27)32-21(36)16-9-34(24(6-7-24)22(28)29)18(35)8-17(16)31-10-23(30)11-33(2)12-23/h3-5,8-9,13,20,22,31H,6-7,10-12H2,1-2H3,(H,32,36). The fraction of sp³-hybridized carbons (Fsp3) is 0.500. The minimum atomic E-state index is -3.06. The van der Waals surface area contributed by atoms with Crippen LogP contribution in [-0.2, 0) is 5.54 Å². The third-order valence-electron chi connectivity index (χ3n) is 6.76. The van der Waals surface area contributed by atoms with Gasteiger partial charge in [-0.25, -0.2) is 26.3 Å². The molecule has 1 aliphatic heterocycles. The van der Waals surface area contributed by atoms with Crippen LogP contribution >= 0.6 is 0 Å². The Balaban J connectivity index is 1.65. The maximum absolute atomic E-state index is 14.7. The topological polar surface area (TPSA) is 66.4 Å². The molecule has 1 aliphatic carbocycles. The average Bonchev–Trinajstić information content (AvgIpc) is 3.58. The molecule has 1 saturated heterocycles. The zero-order valence-corrected chi connectivity index (χ0v) is 19.6. The third-order valence-corrected chi connectivity index (χ3v) is 6.76. The summed E-state index contributed by atoms with van der Waals surface area (Å²) in [6, 6.07) is 3.28. The van der Waals surface area contributed by atoms with E-state index in [1.165, 1.54) is 19.1 Å². The van der Waals surface area contributed by atoms with E-state index in [0.29, 0.717) is 0 Å². The van der Waals surface area contributed by atoms with Gasteiger partial charge in [0.05, 0.1) is 29.4 Å². The third kappa shape index (κ3) is 4.82. The normalized spacial score (nSPS) is 19.2. The SMILES string of the molecule is CC(NC(=O)c1cn(C2(C(F)F)CC2)c(=O)cc1NCC1(F)CN(C)C1)c1cccc(C(F)F)c1F. The summed E-state index contributed by atoms with van der Waals surface area (Å²) in [6.45, 7) is 1.40. The van der Waals surface area contributed by atoms with Gasteiger partial charge in [-0.2, -0.15) is 0 Å². The Hall–Kier alpha value is -3.02. The molecule has 1 aromatic carbocycles. The molecule has 2 N–H and O–H groups in total. The first-order valence-electron chi connectivity index (χ1n) is 11.4. The van der Waals surface area contributed by atoms with Crippen LogP contribution in [0, 0.1) is 5.82 Å². The number of carbonyl (C=O) groups excluding carboxylic acids is 1. The Kier molecular flexibility index (Phi) is 6.84. The van der Waals surface area contributed by atoms with Gasteiger partial charge in [0.1, 0.15) is 11.4 Å². The zero-order valence-electron chi connectivity index (χ0n) is 19.6. The minimum absolute atomic E-state index is 0.0420. The van der Waals surface area contributed by atoms with Gasteiger partial charge in [-0.05, 0) is 26.8 Å². The van der Waals surface area contributed by atoms with E-state index in [4.69, 9.17) is 0 Å². The van der Waals surface area contributed by atoms with E-state index in [9.17, 15) is 35.9 Å². The summed E-state index contributed by atoms with van der Waals surface area (Å²) in [6.07, 6.45) is -4.83. The van der Waals surface area contributed by atoms with Crippen molar-refractivity contribution < 1.29 is 31.1 Å². The van der Waals surface area contributed by atoms with Gasteiger partial charge in [-0.3, -0.25) is 14.5 Å². The van der Waals surface area contributed by atoms with Crippen LogP contribution in [-0.4, -0.2) is 54.2 Å². The maximum Gasteiger partial charge on any atom is 0.266 e. The highest BCUT2D eigenvalue weighted by Crippen LogP contribution is 2.48. The van der Waals surface area contributed by atoms with Crippen LogP contribution < -0.4 is 16.2 Å². The lowest BCUT2D eigenvalue weighted by Gasteiger charge is -2.42. The average molecular weight is 516 g/mol. The number of amides is 1. The lowest BCUT2D eigenvalue weighted by Crippen LogP contribution is -2.60. The molecule has 36 heavy (non-hydrogen) atoms. The van der Waals surface area contributed by atoms with Crippen molar-refractivity contribution in [2.24, 2.45) is 0 Å². The van der Waals surface area contributed by atoms with Crippen molar-refractivity contribution in [3.8, 4) is 0 Å². The highest BCUT2D eigenvalue weighted by Gasteiger charge is 2.53. The lowest BCUT2D eigenvalue weighted by atomic mass is 9.97. The molecule has 2 heterocycles. The highest BCUT2D eigenvalue weighted by atomic mass is 19.3. The number of likely N-dealkylation sites (tertiary alicyclic amines) is 1. The molecule has 2 fully saturated rings. The summed E-state index contributed by atoms with van der Waals surface area (Å²) in [4.78, 5) is 27.6. The predicted molar refractivity (Wildman–Crippen MR) is 121 cm³/mol. The summed E-state index contributed by atoms with van der Waals surface area (Å²) >= 11 is 0. The van der Waals surface area contributed by atoms with Gasteiger partial charge in [0.15, 0.2) is 5.67 Å². The number of rotatable bonds is 9. The van der Waals surface area contributed by atoms with E-state index in [0.717, 1.165) is 22.9 Å². The Morgan fingerprint density at radius 1 is 1.14 bits per heavy atom. The number of carbonyl (C=O) groups is 1. The number of aromatic nitrogens is 1. The monoisotopic (exact) mass is 516 g/mol. The highest BCUT2D eigenvalue weighted by molar-refractivity contribution is 5.99. The van der Waals surface area contributed by atoms with Gasteiger partial charge in [-0.15, -0.1) is 0 Å². The fourth-order valence-corrected chi connectivity index (χ4v) is 4.61. The van der Waals surface area contributed by atoms with Crippen molar-refractivity contribution >= 4 is 11.6 Å². The number of nitrogens with zero attached hydrogens (tertiary/aromatic N) is 2. The van der Waals surface area contributed by atoms with Crippen LogP contribution in [0.25, 0.3) is 0 Å². The molecule has 196 valence electrons. The van der Waals surface area contributed by atoms with Crippen LogP contribution in [0.15, 0.2) is 35.3 Å². The van der Waals surface area contributed by atoms with E-state index >= 15 is 0 Å². The van der Waals surface area contributed by atoms with Crippen LogP contribution in [0.2, 0.25) is 0 Å². The maximum atomic E-state index is 14.7. The van der Waals surface area contributed by atoms with Gasteiger partial charge in [-0.1, -0.05) is 18.2 Å². The van der Waals surface area contributed by atoms with E-state index in [1.54, 1.807) is 11.9 Å². The fourth-order valence-electron chi connectivity index (χ4n) is 4.61. The lowest BCUT2D eigenvalue weighted by molar-refractivity contribution is -0.00383. The molecule has 2 aliphatic rings. The van der Waals surface area contributed by atoms with E-state index in [2.05, 4.69) is 10.6 Å². The zero-order chi connectivity index (χ0) is 26.4. The molecule has 2 aromatic rings. The smallest absolute Gasteiger partial charge is 0.266 e. The summed E-state index contributed by atoms with van der Waals surface area (Å²) in [5.74, 6) is -2.05.